The van der Waals surface area contributed by atoms with E-state index < -0.39 is 5.54 Å². The summed E-state index contributed by atoms with van der Waals surface area (Å²) in [5.41, 5.74) is 1.58. The number of thioether (sulfide) groups is 1. The van der Waals surface area contributed by atoms with Gasteiger partial charge in [-0.25, -0.2) is 0 Å². The number of amides is 1. The molecule has 4 N–H and O–H groups in total. The zero-order valence-electron chi connectivity index (χ0n) is 15.6. The van der Waals surface area contributed by atoms with Gasteiger partial charge >= 0.3 is 0 Å². The van der Waals surface area contributed by atoms with Crippen molar-refractivity contribution in [3.63, 3.8) is 0 Å². The molecular formula is C19H28N4OS. The zero-order chi connectivity index (χ0) is 18.4. The summed E-state index contributed by atoms with van der Waals surface area (Å²) in [7, 11) is 1.87. The Kier molecular flexibility index (Phi) is 4.62. The Morgan fingerprint density at radius 1 is 1.44 bits per heavy atom. The fraction of sp³-hybridized carbons (Fsp3) is 0.579. The number of carbonyl (C=O) groups is 1. The van der Waals surface area contributed by atoms with Crippen LogP contribution in [-0.4, -0.2) is 43.6 Å². The summed E-state index contributed by atoms with van der Waals surface area (Å²) in [6.07, 6.45) is 2.02. The number of nitrogens with one attached hydrogen (secondary N) is 4. The SMILES string of the molecule is CNc1c(SC)cccc1C(=N)C(C)(C)NC(=O)[C@H]1[C@@H]2CNC[C@@]21C. The van der Waals surface area contributed by atoms with E-state index in [9.17, 15) is 4.79 Å². The van der Waals surface area contributed by atoms with E-state index in [-0.39, 0.29) is 17.2 Å². The summed E-state index contributed by atoms with van der Waals surface area (Å²) in [5.74, 6) is 0.586. The lowest BCUT2D eigenvalue weighted by atomic mass is 9.90. The number of hydrogen-bond donors (Lipinski definition) is 4. The second-order valence-corrected chi connectivity index (χ2v) is 8.69. The molecule has 1 aromatic carbocycles. The number of piperidine rings is 1. The maximum Gasteiger partial charge on any atom is 0.224 e. The molecule has 0 bridgehead atoms. The molecule has 2 aliphatic rings. The molecule has 2 fully saturated rings. The third-order valence-corrected chi connectivity index (χ3v) is 6.61. The lowest BCUT2D eigenvalue weighted by molar-refractivity contribution is -0.124. The predicted molar refractivity (Wildman–Crippen MR) is 105 cm³/mol. The molecule has 1 aliphatic heterocycles. The first-order valence-electron chi connectivity index (χ1n) is 8.73. The number of para-hydroxylation sites is 1. The molecule has 0 aromatic heterocycles. The molecule has 5 nitrogen and oxygen atoms in total. The van der Waals surface area contributed by atoms with Crippen molar-refractivity contribution in [2.75, 3.05) is 31.7 Å². The van der Waals surface area contributed by atoms with Crippen LogP contribution < -0.4 is 16.0 Å². The van der Waals surface area contributed by atoms with Crippen LogP contribution in [0.1, 0.15) is 26.3 Å². The number of rotatable bonds is 6. The molecule has 25 heavy (non-hydrogen) atoms. The molecule has 1 saturated heterocycles. The van der Waals surface area contributed by atoms with Gasteiger partial charge in [-0.2, -0.15) is 0 Å². The molecule has 0 radical (unpaired) electrons. The molecule has 0 spiro atoms. The highest BCUT2D eigenvalue weighted by atomic mass is 32.2. The molecule has 0 unspecified atom stereocenters. The Morgan fingerprint density at radius 2 is 2.16 bits per heavy atom. The van der Waals surface area contributed by atoms with Crippen molar-refractivity contribution >= 4 is 29.1 Å². The monoisotopic (exact) mass is 360 g/mol. The molecular weight excluding hydrogens is 332 g/mol. The fourth-order valence-electron chi connectivity index (χ4n) is 4.18. The van der Waals surface area contributed by atoms with E-state index >= 15 is 0 Å². The van der Waals surface area contributed by atoms with Crippen molar-refractivity contribution in [2.24, 2.45) is 17.3 Å². The number of benzene rings is 1. The summed E-state index contributed by atoms with van der Waals surface area (Å²) >= 11 is 1.65. The highest BCUT2D eigenvalue weighted by Crippen LogP contribution is 2.60. The van der Waals surface area contributed by atoms with Gasteiger partial charge in [0.2, 0.25) is 5.91 Å². The number of hydrogen-bond acceptors (Lipinski definition) is 5. The average Bonchev–Trinajstić information content (AvgIpc) is 2.98. The molecule has 6 heteroatoms. The predicted octanol–water partition coefficient (Wildman–Crippen LogP) is 2.57. The first-order chi connectivity index (χ1) is 11.8. The summed E-state index contributed by atoms with van der Waals surface area (Å²) in [6.45, 7) is 7.84. The standard InChI is InChI=1S/C19H28N4OS/c1-18(2,23-17(24)14-12-9-22-10-19(12,14)3)16(20)11-7-6-8-13(25-5)15(11)21-4/h6-8,12,14,20-22H,9-10H2,1-5H3,(H,23,24)/t12-,14+,19-/m0/s1. The van der Waals surface area contributed by atoms with Crippen molar-refractivity contribution in [2.45, 2.75) is 31.2 Å². The Balaban J connectivity index is 1.78. The Labute approximate surface area is 154 Å². The van der Waals surface area contributed by atoms with Crippen LogP contribution >= 0.6 is 11.8 Å². The van der Waals surface area contributed by atoms with Crippen molar-refractivity contribution in [1.82, 2.24) is 10.6 Å². The smallest absolute Gasteiger partial charge is 0.224 e. The van der Waals surface area contributed by atoms with Crippen LogP contribution in [0.2, 0.25) is 0 Å². The minimum Gasteiger partial charge on any atom is -0.387 e. The third kappa shape index (κ3) is 2.95. The van der Waals surface area contributed by atoms with Crippen LogP contribution in [0.25, 0.3) is 0 Å². The molecule has 136 valence electrons. The van der Waals surface area contributed by atoms with Gasteiger partial charge in [0, 0.05) is 30.0 Å². The Hall–Kier alpha value is -1.53. The van der Waals surface area contributed by atoms with Gasteiger partial charge in [-0.3, -0.25) is 4.79 Å². The minimum absolute atomic E-state index is 0.0714. The Bertz CT molecular complexity index is 717. The van der Waals surface area contributed by atoms with Gasteiger partial charge in [-0.05, 0) is 44.0 Å². The van der Waals surface area contributed by atoms with Gasteiger partial charge in [-0.1, -0.05) is 19.1 Å². The number of carbonyl (C=O) groups excluding carboxylic acids is 1. The molecule has 1 heterocycles. The van der Waals surface area contributed by atoms with Crippen molar-refractivity contribution in [3.05, 3.63) is 23.8 Å². The number of anilines is 1. The maximum absolute atomic E-state index is 12.8. The highest BCUT2D eigenvalue weighted by molar-refractivity contribution is 7.98. The average molecular weight is 361 g/mol. The lowest BCUT2D eigenvalue weighted by Gasteiger charge is -2.29. The van der Waals surface area contributed by atoms with E-state index in [0.29, 0.717) is 11.6 Å². The van der Waals surface area contributed by atoms with Gasteiger partial charge in [0.1, 0.15) is 0 Å². The topological polar surface area (TPSA) is 77.0 Å². The largest absolute Gasteiger partial charge is 0.387 e. The quantitative estimate of drug-likeness (QED) is 0.464. The molecule has 1 amide bonds. The first-order valence-corrected chi connectivity index (χ1v) is 9.95. The first kappa shape index (κ1) is 18.3. The molecule has 1 aromatic rings. The van der Waals surface area contributed by atoms with Crippen molar-refractivity contribution in [1.29, 1.82) is 5.41 Å². The Morgan fingerprint density at radius 3 is 2.72 bits per heavy atom. The van der Waals surface area contributed by atoms with E-state index in [1.165, 1.54) is 0 Å². The molecule has 1 aliphatic carbocycles. The van der Waals surface area contributed by atoms with Crippen LogP contribution in [0.3, 0.4) is 0 Å². The van der Waals surface area contributed by atoms with Gasteiger partial charge in [-0.15, -0.1) is 11.8 Å². The van der Waals surface area contributed by atoms with Gasteiger partial charge < -0.3 is 21.4 Å². The van der Waals surface area contributed by atoms with Crippen molar-refractivity contribution in [3.8, 4) is 0 Å². The van der Waals surface area contributed by atoms with E-state index in [0.717, 1.165) is 29.2 Å². The summed E-state index contributed by atoms with van der Waals surface area (Å²) < 4.78 is 0. The van der Waals surface area contributed by atoms with Crippen LogP contribution in [-0.2, 0) is 4.79 Å². The number of fused-ring (bicyclic) bond motifs is 1. The van der Waals surface area contributed by atoms with E-state index in [1.54, 1.807) is 11.8 Å². The second-order valence-electron chi connectivity index (χ2n) is 7.84. The third-order valence-electron chi connectivity index (χ3n) is 5.83. The van der Waals surface area contributed by atoms with Crippen LogP contribution in [0.4, 0.5) is 5.69 Å². The fourth-order valence-corrected chi connectivity index (χ4v) is 4.82. The van der Waals surface area contributed by atoms with Gasteiger partial charge in [0.25, 0.3) is 0 Å². The molecule has 1 saturated carbocycles. The van der Waals surface area contributed by atoms with E-state index in [1.807, 2.05) is 45.4 Å². The van der Waals surface area contributed by atoms with Gasteiger partial charge in [0.05, 0.1) is 16.9 Å². The molecule has 3 atom stereocenters. The highest BCUT2D eigenvalue weighted by Gasteiger charge is 2.67. The molecule has 3 rings (SSSR count). The van der Waals surface area contributed by atoms with E-state index in [2.05, 4.69) is 22.9 Å². The minimum atomic E-state index is -0.722. The second kappa shape index (κ2) is 6.32. The normalized spacial score (nSPS) is 27.6. The lowest BCUT2D eigenvalue weighted by Crippen LogP contribution is -2.51. The van der Waals surface area contributed by atoms with Crippen molar-refractivity contribution < 1.29 is 4.79 Å². The van der Waals surface area contributed by atoms with E-state index in [4.69, 9.17) is 5.41 Å². The maximum atomic E-state index is 12.8. The van der Waals surface area contributed by atoms with Gasteiger partial charge in [0.15, 0.2) is 0 Å². The van der Waals surface area contributed by atoms with Crippen LogP contribution in [0.15, 0.2) is 23.1 Å². The van der Waals surface area contributed by atoms with Crippen LogP contribution in [0, 0.1) is 22.7 Å². The summed E-state index contributed by atoms with van der Waals surface area (Å²) in [6, 6.07) is 5.95. The van der Waals surface area contributed by atoms with Crippen LogP contribution in [0.5, 0.6) is 0 Å². The summed E-state index contributed by atoms with van der Waals surface area (Å²) in [4.78, 5) is 13.9. The zero-order valence-corrected chi connectivity index (χ0v) is 16.4. The summed E-state index contributed by atoms with van der Waals surface area (Å²) in [5, 5.41) is 18.4.